The third-order valence-corrected chi connectivity index (χ3v) is 4.57. The highest BCUT2D eigenvalue weighted by atomic mass is 127. The molecule has 0 aliphatic rings. The van der Waals surface area contributed by atoms with E-state index in [1.165, 1.54) is 6.33 Å². The van der Waals surface area contributed by atoms with E-state index in [4.69, 9.17) is 0 Å². The van der Waals surface area contributed by atoms with E-state index in [0.29, 0.717) is 3.57 Å². The van der Waals surface area contributed by atoms with Gasteiger partial charge in [-0.05, 0) is 12.1 Å². The molecule has 4 nitrogen and oxygen atoms in total. The molecule has 2 aromatic rings. The van der Waals surface area contributed by atoms with Gasteiger partial charge in [-0.1, -0.05) is 18.2 Å². The molecule has 5 heteroatoms. The van der Waals surface area contributed by atoms with Crippen molar-refractivity contribution in [3.05, 3.63) is 54.2 Å². The number of H-pyrrole nitrogens is 1. The van der Waals surface area contributed by atoms with Gasteiger partial charge in [-0.15, -0.1) is 0 Å². The molecular formula is C10H8IN2O2+. The van der Waals surface area contributed by atoms with Crippen LogP contribution in [0.15, 0.2) is 41.5 Å². The summed E-state index contributed by atoms with van der Waals surface area (Å²) in [6, 6.07) is 9.63. The number of rotatable bonds is 2. The predicted octanol–water partition coefficient (Wildman–Crippen LogP) is -2.40. The number of hydrogen-bond donors (Lipinski definition) is 2. The van der Waals surface area contributed by atoms with Crippen LogP contribution in [0.3, 0.4) is 0 Å². The molecule has 0 radical (unpaired) electrons. The lowest BCUT2D eigenvalue weighted by Gasteiger charge is -1.88. The predicted molar refractivity (Wildman–Crippen MR) is 50.4 cm³/mol. The molecule has 76 valence electrons. The fourth-order valence-electron chi connectivity index (χ4n) is 1.05. The Balaban J connectivity index is 2.37. The third-order valence-electron chi connectivity index (χ3n) is 1.71. The van der Waals surface area contributed by atoms with Crippen LogP contribution in [0.2, 0.25) is 0 Å². The molecule has 0 bridgehead atoms. The van der Waals surface area contributed by atoms with E-state index in [9.17, 15) is 9.90 Å². The molecule has 0 saturated heterocycles. The largest absolute Gasteiger partial charge is 0.490 e. The van der Waals surface area contributed by atoms with Gasteiger partial charge in [0.25, 0.3) is 5.88 Å². The monoisotopic (exact) mass is 315 g/mol. The minimum Gasteiger partial charge on any atom is -0.490 e. The van der Waals surface area contributed by atoms with Crippen molar-refractivity contribution in [1.29, 1.82) is 0 Å². The zero-order valence-corrected chi connectivity index (χ0v) is 9.80. The second-order valence-electron chi connectivity index (χ2n) is 2.76. The Morgan fingerprint density at radius 3 is 2.67 bits per heavy atom. The number of aromatic hydroxyl groups is 1. The Hall–Kier alpha value is -1.37. The molecule has 0 atom stereocenters. The molecule has 2 N–H and O–H groups in total. The quantitative estimate of drug-likeness (QED) is 0.608. The van der Waals surface area contributed by atoms with Gasteiger partial charge in [0.1, 0.15) is 0 Å². The van der Waals surface area contributed by atoms with Crippen LogP contribution in [0.5, 0.6) is 5.88 Å². The Kier molecular flexibility index (Phi) is 3.00. The summed E-state index contributed by atoms with van der Waals surface area (Å²) in [6.45, 7) is 0. The molecule has 0 aliphatic heterocycles. The molecule has 1 aromatic carbocycles. The van der Waals surface area contributed by atoms with Crippen molar-refractivity contribution >= 4 is 0 Å². The van der Waals surface area contributed by atoms with E-state index in [0.717, 1.165) is 3.57 Å². The van der Waals surface area contributed by atoms with Crippen molar-refractivity contribution in [2.24, 2.45) is 0 Å². The first-order valence-electron chi connectivity index (χ1n) is 4.24. The van der Waals surface area contributed by atoms with E-state index in [2.05, 4.69) is 9.97 Å². The van der Waals surface area contributed by atoms with E-state index >= 15 is 0 Å². The molecule has 0 amide bonds. The highest BCUT2D eigenvalue weighted by Gasteiger charge is 2.25. The van der Waals surface area contributed by atoms with E-state index in [1.807, 2.05) is 30.3 Å². The minimum atomic E-state index is -0.671. The first kappa shape index (κ1) is 10.2. The van der Waals surface area contributed by atoms with E-state index < -0.39 is 21.2 Å². The van der Waals surface area contributed by atoms with Crippen LogP contribution in [0.4, 0.5) is 0 Å². The van der Waals surface area contributed by atoms with Gasteiger partial charge in [-0.3, -0.25) is 4.79 Å². The lowest BCUT2D eigenvalue weighted by molar-refractivity contribution is -0.600. The second kappa shape index (κ2) is 4.43. The number of aromatic amines is 1. The van der Waals surface area contributed by atoms with Crippen LogP contribution >= 0.6 is 0 Å². The maximum Gasteiger partial charge on any atom is 0.370 e. The van der Waals surface area contributed by atoms with E-state index in [-0.39, 0.29) is 11.4 Å². The summed E-state index contributed by atoms with van der Waals surface area (Å²) in [4.78, 5) is 17.5. The summed E-state index contributed by atoms with van der Waals surface area (Å²) in [6.07, 6.45) is 1.20. The van der Waals surface area contributed by atoms with Crippen molar-refractivity contribution in [1.82, 2.24) is 9.97 Å². The number of benzene rings is 1. The zero-order chi connectivity index (χ0) is 10.7. The van der Waals surface area contributed by atoms with Gasteiger partial charge in [-0.2, -0.15) is 4.98 Å². The van der Waals surface area contributed by atoms with Crippen LogP contribution in [0.1, 0.15) is 0 Å². The van der Waals surface area contributed by atoms with E-state index in [1.54, 1.807) is 0 Å². The second-order valence-corrected chi connectivity index (χ2v) is 5.62. The minimum absolute atomic E-state index is 0.157. The van der Waals surface area contributed by atoms with Crippen molar-refractivity contribution < 1.29 is 26.3 Å². The van der Waals surface area contributed by atoms with Gasteiger partial charge in [0.15, 0.2) is 3.57 Å². The Morgan fingerprint density at radius 1 is 1.27 bits per heavy atom. The summed E-state index contributed by atoms with van der Waals surface area (Å²) in [5, 5.41) is 9.45. The standard InChI is InChI=1S/C10H7IN2O2/c14-9-8(10(15)13-6-12-9)11-7-4-2-1-3-5-7/h1-6H,(H-,12,13,14,15)/p+1. The summed E-state index contributed by atoms with van der Waals surface area (Å²) in [5.74, 6) is -0.157. The number of hydrogen-bond acceptors (Lipinski definition) is 3. The van der Waals surface area contributed by atoms with Gasteiger partial charge in [0.05, 0.1) is 6.33 Å². The molecule has 0 spiro atoms. The van der Waals surface area contributed by atoms with Crippen LogP contribution in [0, 0.1) is 7.14 Å². The molecule has 0 unspecified atom stereocenters. The number of halogens is 1. The molecule has 0 aliphatic carbocycles. The highest BCUT2D eigenvalue weighted by molar-refractivity contribution is 5.04. The first-order valence-corrected chi connectivity index (χ1v) is 6.39. The lowest BCUT2D eigenvalue weighted by Crippen LogP contribution is -3.62. The SMILES string of the molecule is O=c1[nH]cnc(O)c1[I+]c1ccccc1. The summed E-state index contributed by atoms with van der Waals surface area (Å²) in [5.41, 5.74) is -0.251. The van der Waals surface area contributed by atoms with Crippen LogP contribution < -0.4 is 26.8 Å². The Labute approximate surface area is 96.3 Å². The van der Waals surface area contributed by atoms with Crippen LogP contribution in [-0.2, 0) is 0 Å². The fraction of sp³-hybridized carbons (Fsp3) is 0. The maximum atomic E-state index is 11.4. The van der Waals surface area contributed by atoms with Gasteiger partial charge in [0, 0.05) is 0 Å². The van der Waals surface area contributed by atoms with Gasteiger partial charge < -0.3 is 10.1 Å². The number of aromatic nitrogens is 2. The molecule has 1 aromatic heterocycles. The number of nitrogens with one attached hydrogen (secondary N) is 1. The summed E-state index contributed by atoms with van der Waals surface area (Å²) >= 11 is -0.671. The average Bonchev–Trinajstić information content (AvgIpc) is 2.25. The Morgan fingerprint density at radius 2 is 2.00 bits per heavy atom. The molecule has 0 fully saturated rings. The van der Waals surface area contributed by atoms with Crippen LogP contribution in [-0.4, -0.2) is 15.1 Å². The first-order chi connectivity index (χ1) is 7.27. The summed E-state index contributed by atoms with van der Waals surface area (Å²) < 4.78 is 1.48. The maximum absolute atomic E-state index is 11.4. The Bertz CT molecular complexity index is 510. The fourth-order valence-corrected chi connectivity index (χ4v) is 3.22. The van der Waals surface area contributed by atoms with Crippen molar-refractivity contribution in [2.75, 3.05) is 0 Å². The summed E-state index contributed by atoms with van der Waals surface area (Å²) in [7, 11) is 0. The number of nitrogens with zero attached hydrogens (tertiary/aromatic N) is 1. The van der Waals surface area contributed by atoms with Gasteiger partial charge in [-0.25, -0.2) is 0 Å². The van der Waals surface area contributed by atoms with Gasteiger partial charge >= 0.3 is 30.3 Å². The van der Waals surface area contributed by atoms with Crippen molar-refractivity contribution in [2.45, 2.75) is 0 Å². The smallest absolute Gasteiger partial charge is 0.370 e. The molecular weight excluding hydrogens is 307 g/mol. The third kappa shape index (κ3) is 2.35. The normalized spacial score (nSPS) is 10.1. The molecule has 15 heavy (non-hydrogen) atoms. The molecule has 0 saturated carbocycles. The van der Waals surface area contributed by atoms with Crippen molar-refractivity contribution in [3.63, 3.8) is 0 Å². The zero-order valence-electron chi connectivity index (χ0n) is 7.64. The van der Waals surface area contributed by atoms with Gasteiger partial charge in [0.2, 0.25) is 0 Å². The van der Waals surface area contributed by atoms with Crippen molar-refractivity contribution in [3.8, 4) is 5.88 Å². The molecule has 2 rings (SSSR count). The highest BCUT2D eigenvalue weighted by Crippen LogP contribution is 1.93. The topological polar surface area (TPSA) is 66.0 Å². The van der Waals surface area contributed by atoms with Crippen LogP contribution in [0.25, 0.3) is 0 Å². The average molecular weight is 315 g/mol. The lowest BCUT2D eigenvalue weighted by atomic mass is 10.4. The molecule has 1 heterocycles.